The molecular weight excluding hydrogens is 336 g/mol. The van der Waals surface area contributed by atoms with Crippen molar-refractivity contribution in [2.24, 2.45) is 0 Å². The van der Waals surface area contributed by atoms with Gasteiger partial charge in [0.1, 0.15) is 0 Å². The van der Waals surface area contributed by atoms with E-state index in [-0.39, 0.29) is 11.8 Å². The average molecular weight is 357 g/mol. The third kappa shape index (κ3) is 4.20. The molecule has 0 saturated heterocycles. The van der Waals surface area contributed by atoms with Crippen LogP contribution in [0.3, 0.4) is 0 Å². The highest BCUT2D eigenvalue weighted by Crippen LogP contribution is 2.30. The molecule has 2 amide bonds. The van der Waals surface area contributed by atoms with Crippen molar-refractivity contribution >= 4 is 34.8 Å². The SMILES string of the molecule is CCCN1C(=O)CCc2cc(NC(=O)Cc3ccc(Cl)cc3)ccc21. The normalized spacial score (nSPS) is 13.5. The lowest BCUT2D eigenvalue weighted by molar-refractivity contribution is -0.119. The number of rotatable bonds is 5. The number of nitrogens with zero attached hydrogens (tertiary/aromatic N) is 1. The number of aryl methyl sites for hydroxylation is 1. The summed E-state index contributed by atoms with van der Waals surface area (Å²) in [5, 5.41) is 3.60. The average Bonchev–Trinajstić information content (AvgIpc) is 2.59. The molecule has 0 aliphatic carbocycles. The highest BCUT2D eigenvalue weighted by Gasteiger charge is 2.23. The first kappa shape index (κ1) is 17.5. The van der Waals surface area contributed by atoms with E-state index >= 15 is 0 Å². The molecule has 0 atom stereocenters. The lowest BCUT2D eigenvalue weighted by atomic mass is 10.00. The Morgan fingerprint density at radius 1 is 1.16 bits per heavy atom. The number of nitrogens with one attached hydrogen (secondary N) is 1. The molecule has 0 spiro atoms. The highest BCUT2D eigenvalue weighted by atomic mass is 35.5. The minimum atomic E-state index is -0.0698. The Morgan fingerprint density at radius 3 is 2.64 bits per heavy atom. The van der Waals surface area contributed by atoms with Gasteiger partial charge in [-0.05, 0) is 54.3 Å². The first-order valence-corrected chi connectivity index (χ1v) is 8.92. The number of benzene rings is 2. The van der Waals surface area contributed by atoms with E-state index in [4.69, 9.17) is 11.6 Å². The van der Waals surface area contributed by atoms with Crippen LogP contribution < -0.4 is 10.2 Å². The van der Waals surface area contributed by atoms with Gasteiger partial charge in [-0.2, -0.15) is 0 Å². The fourth-order valence-electron chi connectivity index (χ4n) is 3.10. The molecule has 0 unspecified atom stereocenters. The van der Waals surface area contributed by atoms with Gasteiger partial charge < -0.3 is 10.2 Å². The number of halogens is 1. The predicted molar refractivity (Wildman–Crippen MR) is 101 cm³/mol. The molecular formula is C20H21ClN2O2. The molecule has 1 heterocycles. The van der Waals surface area contributed by atoms with Crippen molar-refractivity contribution in [1.29, 1.82) is 0 Å². The third-order valence-corrected chi connectivity index (χ3v) is 4.54. The molecule has 2 aromatic carbocycles. The molecule has 0 bridgehead atoms. The Morgan fingerprint density at radius 2 is 1.92 bits per heavy atom. The summed E-state index contributed by atoms with van der Waals surface area (Å²) in [6.07, 6.45) is 2.46. The fraction of sp³-hybridized carbons (Fsp3) is 0.300. The van der Waals surface area contributed by atoms with Crippen molar-refractivity contribution in [2.75, 3.05) is 16.8 Å². The topological polar surface area (TPSA) is 49.4 Å². The minimum Gasteiger partial charge on any atom is -0.326 e. The second-order valence-electron chi connectivity index (χ2n) is 6.24. The van der Waals surface area contributed by atoms with Gasteiger partial charge in [0.2, 0.25) is 11.8 Å². The van der Waals surface area contributed by atoms with Crippen molar-refractivity contribution in [3.8, 4) is 0 Å². The van der Waals surface area contributed by atoms with Crippen LogP contribution in [0.25, 0.3) is 0 Å². The first-order valence-electron chi connectivity index (χ1n) is 8.54. The molecule has 0 aromatic heterocycles. The summed E-state index contributed by atoms with van der Waals surface area (Å²) in [5.41, 5.74) is 3.76. The van der Waals surface area contributed by atoms with Crippen LogP contribution in [0.15, 0.2) is 42.5 Å². The predicted octanol–water partition coefficient (Wildman–Crippen LogP) is 4.21. The maximum atomic E-state index is 12.2. The summed E-state index contributed by atoms with van der Waals surface area (Å²) in [5.74, 6) is 0.105. The van der Waals surface area contributed by atoms with Crippen LogP contribution in [0, 0.1) is 0 Å². The number of hydrogen-bond donors (Lipinski definition) is 1. The van der Waals surface area contributed by atoms with E-state index in [2.05, 4.69) is 12.2 Å². The summed E-state index contributed by atoms with van der Waals surface area (Å²) in [6, 6.07) is 13.0. The van der Waals surface area contributed by atoms with Crippen LogP contribution in [-0.2, 0) is 22.4 Å². The van der Waals surface area contributed by atoms with E-state index in [1.54, 1.807) is 12.1 Å². The number of fused-ring (bicyclic) bond motifs is 1. The molecule has 1 aliphatic heterocycles. The van der Waals surface area contributed by atoms with E-state index in [9.17, 15) is 9.59 Å². The highest BCUT2D eigenvalue weighted by molar-refractivity contribution is 6.30. The monoisotopic (exact) mass is 356 g/mol. The van der Waals surface area contributed by atoms with Crippen LogP contribution in [0.2, 0.25) is 5.02 Å². The van der Waals surface area contributed by atoms with Crippen LogP contribution in [0.1, 0.15) is 30.9 Å². The molecule has 4 nitrogen and oxygen atoms in total. The molecule has 0 saturated carbocycles. The quantitative estimate of drug-likeness (QED) is 0.872. The second-order valence-corrected chi connectivity index (χ2v) is 6.68. The lowest BCUT2D eigenvalue weighted by Crippen LogP contribution is -2.35. The van der Waals surface area contributed by atoms with E-state index in [0.29, 0.717) is 17.9 Å². The maximum absolute atomic E-state index is 12.2. The maximum Gasteiger partial charge on any atom is 0.228 e. The Bertz CT molecular complexity index is 787. The standard InChI is InChI=1S/C20H21ClN2O2/c1-2-11-23-18-9-8-17(13-15(18)5-10-20(23)25)22-19(24)12-14-3-6-16(21)7-4-14/h3-4,6-9,13H,2,5,10-12H2,1H3,(H,22,24). The van der Waals surface area contributed by atoms with Gasteiger partial charge in [0.15, 0.2) is 0 Å². The van der Waals surface area contributed by atoms with Gasteiger partial charge >= 0.3 is 0 Å². The zero-order chi connectivity index (χ0) is 17.8. The summed E-state index contributed by atoms with van der Waals surface area (Å²) >= 11 is 5.86. The van der Waals surface area contributed by atoms with Gasteiger partial charge in [-0.25, -0.2) is 0 Å². The van der Waals surface area contributed by atoms with E-state index in [0.717, 1.165) is 41.9 Å². The number of carbonyl (C=O) groups excluding carboxylic acids is 2. The number of carbonyl (C=O) groups is 2. The fourth-order valence-corrected chi connectivity index (χ4v) is 3.23. The van der Waals surface area contributed by atoms with Gasteiger partial charge in [0.25, 0.3) is 0 Å². The third-order valence-electron chi connectivity index (χ3n) is 4.29. The van der Waals surface area contributed by atoms with Gasteiger partial charge in [0.05, 0.1) is 6.42 Å². The number of amides is 2. The molecule has 3 rings (SSSR count). The number of hydrogen-bond acceptors (Lipinski definition) is 2. The molecule has 1 N–H and O–H groups in total. The molecule has 0 radical (unpaired) electrons. The van der Waals surface area contributed by atoms with Gasteiger partial charge in [0, 0.05) is 29.4 Å². The van der Waals surface area contributed by atoms with E-state index < -0.39 is 0 Å². The van der Waals surface area contributed by atoms with Crippen LogP contribution in [0.5, 0.6) is 0 Å². The second kappa shape index (κ2) is 7.70. The lowest BCUT2D eigenvalue weighted by Gasteiger charge is -2.29. The summed E-state index contributed by atoms with van der Waals surface area (Å²) in [6.45, 7) is 2.79. The largest absolute Gasteiger partial charge is 0.326 e. The van der Waals surface area contributed by atoms with Crippen LogP contribution in [0.4, 0.5) is 11.4 Å². The Hall–Kier alpha value is -2.33. The smallest absolute Gasteiger partial charge is 0.228 e. The van der Waals surface area contributed by atoms with Gasteiger partial charge in [-0.15, -0.1) is 0 Å². The van der Waals surface area contributed by atoms with Crippen molar-refractivity contribution < 1.29 is 9.59 Å². The van der Waals surface area contributed by atoms with Crippen molar-refractivity contribution in [2.45, 2.75) is 32.6 Å². The van der Waals surface area contributed by atoms with Gasteiger partial charge in [-0.1, -0.05) is 30.7 Å². The summed E-state index contributed by atoms with van der Waals surface area (Å²) < 4.78 is 0. The zero-order valence-electron chi connectivity index (χ0n) is 14.2. The molecule has 5 heteroatoms. The minimum absolute atomic E-state index is 0.0698. The molecule has 1 aliphatic rings. The number of anilines is 2. The van der Waals surface area contributed by atoms with Crippen LogP contribution in [-0.4, -0.2) is 18.4 Å². The Balaban J connectivity index is 1.70. The first-order chi connectivity index (χ1) is 12.1. The molecule has 0 fully saturated rings. The van der Waals surface area contributed by atoms with E-state index in [1.165, 1.54) is 0 Å². The molecule has 130 valence electrons. The van der Waals surface area contributed by atoms with Crippen LogP contribution >= 0.6 is 11.6 Å². The summed E-state index contributed by atoms with van der Waals surface area (Å²) in [7, 11) is 0. The van der Waals surface area contributed by atoms with Crippen molar-refractivity contribution in [1.82, 2.24) is 0 Å². The molecule has 25 heavy (non-hydrogen) atoms. The van der Waals surface area contributed by atoms with Gasteiger partial charge in [-0.3, -0.25) is 9.59 Å². The van der Waals surface area contributed by atoms with Crippen molar-refractivity contribution in [3.05, 3.63) is 58.6 Å². The molecule has 2 aromatic rings. The summed E-state index contributed by atoms with van der Waals surface area (Å²) in [4.78, 5) is 26.2. The van der Waals surface area contributed by atoms with Crippen molar-refractivity contribution in [3.63, 3.8) is 0 Å². The Kier molecular flexibility index (Phi) is 5.39. The Labute approximate surface area is 152 Å². The zero-order valence-corrected chi connectivity index (χ0v) is 15.0. The van der Waals surface area contributed by atoms with E-state index in [1.807, 2.05) is 35.2 Å².